The Morgan fingerprint density at radius 1 is 1.13 bits per heavy atom. The summed E-state index contributed by atoms with van der Waals surface area (Å²) in [6.45, 7) is 6.09. The van der Waals surface area contributed by atoms with Crippen LogP contribution in [0.4, 0.5) is 5.69 Å². The van der Waals surface area contributed by atoms with Gasteiger partial charge < -0.3 is 19.1 Å². The fraction of sp³-hybridized carbons (Fsp3) is 0.333. The molecule has 4 rings (SSSR count). The van der Waals surface area contributed by atoms with Gasteiger partial charge in [0.05, 0.1) is 18.9 Å². The molecule has 2 heterocycles. The molecule has 162 valence electrons. The number of hydrogen-bond acceptors (Lipinski definition) is 5. The van der Waals surface area contributed by atoms with E-state index < -0.39 is 0 Å². The smallest absolute Gasteiger partial charge is 0.242 e. The maximum atomic E-state index is 13.1. The van der Waals surface area contributed by atoms with Gasteiger partial charge in [-0.05, 0) is 36.3 Å². The quantitative estimate of drug-likeness (QED) is 0.505. The Morgan fingerprint density at radius 3 is 2.58 bits per heavy atom. The number of aryl methyl sites for hydroxylation is 1. The molecule has 2 aromatic carbocycles. The largest absolute Gasteiger partial charge is 0.378 e. The fourth-order valence-electron chi connectivity index (χ4n) is 3.79. The van der Waals surface area contributed by atoms with Crippen LogP contribution in [0.1, 0.15) is 11.1 Å². The molecule has 0 bridgehead atoms. The number of thiazole rings is 1. The van der Waals surface area contributed by atoms with Gasteiger partial charge in [0, 0.05) is 37.7 Å². The van der Waals surface area contributed by atoms with Crippen molar-refractivity contribution < 1.29 is 9.53 Å². The minimum atomic E-state index is 0.0413. The van der Waals surface area contributed by atoms with E-state index in [1.165, 1.54) is 22.6 Å². The van der Waals surface area contributed by atoms with Crippen molar-refractivity contribution in [3.05, 3.63) is 69.0 Å². The summed E-state index contributed by atoms with van der Waals surface area (Å²) < 4.78 is 8.14. The lowest BCUT2D eigenvalue weighted by molar-refractivity contribution is -0.131. The van der Waals surface area contributed by atoms with Crippen molar-refractivity contribution in [3.8, 4) is 11.3 Å². The molecule has 0 N–H and O–H groups in total. The number of aromatic nitrogens is 1. The first-order valence-corrected chi connectivity index (χ1v) is 11.7. The predicted octanol–water partition coefficient (Wildman–Crippen LogP) is 4.75. The van der Waals surface area contributed by atoms with Gasteiger partial charge in [0.15, 0.2) is 3.95 Å². The van der Waals surface area contributed by atoms with Crippen molar-refractivity contribution in [2.24, 2.45) is 0 Å². The molecule has 7 heteroatoms. The van der Waals surface area contributed by atoms with E-state index in [4.69, 9.17) is 17.0 Å². The van der Waals surface area contributed by atoms with Gasteiger partial charge in [-0.1, -0.05) is 48.0 Å². The van der Waals surface area contributed by atoms with E-state index in [1.807, 2.05) is 23.1 Å². The molecular formula is C24H27N3O2S2. The van der Waals surface area contributed by atoms with Crippen LogP contribution in [0, 0.1) is 10.9 Å². The summed E-state index contributed by atoms with van der Waals surface area (Å²) in [5, 5.41) is 2.04. The maximum Gasteiger partial charge on any atom is 0.242 e. The average Bonchev–Trinajstić information content (AvgIpc) is 3.15. The van der Waals surface area contributed by atoms with Gasteiger partial charge in [-0.25, -0.2) is 0 Å². The van der Waals surface area contributed by atoms with Crippen LogP contribution in [-0.2, 0) is 22.6 Å². The minimum Gasteiger partial charge on any atom is -0.378 e. The second kappa shape index (κ2) is 9.77. The molecular weight excluding hydrogens is 426 g/mol. The number of carbonyl (C=O) groups excluding carboxylic acids is 1. The Balaban J connectivity index is 1.50. The normalized spacial score (nSPS) is 13.9. The summed E-state index contributed by atoms with van der Waals surface area (Å²) >= 11 is 7.03. The number of carbonyl (C=O) groups is 1. The van der Waals surface area contributed by atoms with E-state index in [0.29, 0.717) is 10.5 Å². The molecule has 1 aromatic heterocycles. The number of morpholine rings is 1. The molecule has 1 saturated heterocycles. The highest BCUT2D eigenvalue weighted by Gasteiger charge is 2.18. The zero-order valence-corrected chi connectivity index (χ0v) is 19.5. The van der Waals surface area contributed by atoms with Crippen molar-refractivity contribution in [1.29, 1.82) is 0 Å². The Kier molecular flexibility index (Phi) is 6.85. The van der Waals surface area contributed by atoms with Crippen LogP contribution >= 0.6 is 23.6 Å². The van der Waals surface area contributed by atoms with Crippen LogP contribution < -0.4 is 4.90 Å². The number of anilines is 1. The highest BCUT2D eigenvalue weighted by Crippen LogP contribution is 2.26. The van der Waals surface area contributed by atoms with Crippen LogP contribution in [0.2, 0.25) is 0 Å². The number of rotatable bonds is 6. The first kappa shape index (κ1) is 21.7. The zero-order chi connectivity index (χ0) is 21.8. The number of nitrogens with zero attached hydrogens (tertiary/aromatic N) is 3. The Hall–Kier alpha value is -2.48. The molecule has 0 saturated carbocycles. The Bertz CT molecular complexity index is 1100. The fourth-order valence-corrected chi connectivity index (χ4v) is 4.86. The van der Waals surface area contributed by atoms with Gasteiger partial charge in [0.2, 0.25) is 5.91 Å². The maximum absolute atomic E-state index is 13.1. The second-order valence-electron chi connectivity index (χ2n) is 7.82. The SMILES string of the molecule is Cc1ccc(-c2csc(=S)n2CC(=O)N(C)Cc2ccccc2N2CCOCC2)cc1. The number of hydrogen-bond donors (Lipinski definition) is 0. The number of amides is 1. The third-order valence-electron chi connectivity index (χ3n) is 5.60. The Morgan fingerprint density at radius 2 is 1.84 bits per heavy atom. The summed E-state index contributed by atoms with van der Waals surface area (Å²) in [5.41, 5.74) is 5.60. The first-order chi connectivity index (χ1) is 15.0. The van der Waals surface area contributed by atoms with Crippen molar-refractivity contribution in [1.82, 2.24) is 9.47 Å². The molecule has 0 atom stereocenters. The standard InChI is InChI=1S/C24H27N3O2S2/c1-18-7-9-19(10-8-18)22-17-31-24(30)27(22)16-23(28)25(2)15-20-5-3-4-6-21(20)26-11-13-29-14-12-26/h3-10,17H,11-16H2,1-2H3. The molecule has 0 aliphatic carbocycles. The van der Waals surface area contributed by atoms with Gasteiger partial charge in [-0.15, -0.1) is 11.3 Å². The predicted molar refractivity (Wildman–Crippen MR) is 129 cm³/mol. The van der Waals surface area contributed by atoms with Crippen molar-refractivity contribution >= 4 is 35.1 Å². The number of para-hydroxylation sites is 1. The van der Waals surface area contributed by atoms with Gasteiger partial charge in [0.25, 0.3) is 0 Å². The molecule has 1 amide bonds. The van der Waals surface area contributed by atoms with E-state index >= 15 is 0 Å². The number of likely N-dealkylation sites (N-methyl/N-ethyl adjacent to an activating group) is 1. The summed E-state index contributed by atoms with van der Waals surface area (Å²) in [6, 6.07) is 16.6. The zero-order valence-electron chi connectivity index (χ0n) is 17.9. The molecule has 1 fully saturated rings. The van der Waals surface area contributed by atoms with Gasteiger partial charge in [-0.3, -0.25) is 4.79 Å². The summed E-state index contributed by atoms with van der Waals surface area (Å²) in [6.07, 6.45) is 0. The van der Waals surface area contributed by atoms with E-state index in [9.17, 15) is 4.79 Å². The van der Waals surface area contributed by atoms with Crippen molar-refractivity contribution in [2.45, 2.75) is 20.0 Å². The number of benzene rings is 2. The summed E-state index contributed by atoms with van der Waals surface area (Å²) in [7, 11) is 1.86. The lowest BCUT2D eigenvalue weighted by Gasteiger charge is -2.31. The van der Waals surface area contributed by atoms with E-state index in [0.717, 1.165) is 43.1 Å². The van der Waals surface area contributed by atoms with Crippen LogP contribution in [0.25, 0.3) is 11.3 Å². The third kappa shape index (κ3) is 5.06. The van der Waals surface area contributed by atoms with Crippen molar-refractivity contribution in [2.75, 3.05) is 38.3 Å². The van der Waals surface area contributed by atoms with Gasteiger partial charge in [0.1, 0.15) is 6.54 Å². The lowest BCUT2D eigenvalue weighted by atomic mass is 10.1. The monoisotopic (exact) mass is 453 g/mol. The number of ether oxygens (including phenoxy) is 1. The molecule has 1 aliphatic rings. The third-order valence-corrected chi connectivity index (χ3v) is 6.87. The molecule has 0 spiro atoms. The van der Waals surface area contributed by atoms with Crippen molar-refractivity contribution in [3.63, 3.8) is 0 Å². The average molecular weight is 454 g/mol. The van der Waals surface area contributed by atoms with Crippen LogP contribution in [0.5, 0.6) is 0 Å². The van der Waals surface area contributed by atoms with E-state index in [1.54, 1.807) is 4.90 Å². The topological polar surface area (TPSA) is 37.7 Å². The highest BCUT2D eigenvalue weighted by atomic mass is 32.1. The molecule has 0 radical (unpaired) electrons. The minimum absolute atomic E-state index is 0.0413. The van der Waals surface area contributed by atoms with Crippen LogP contribution in [0.15, 0.2) is 53.9 Å². The summed E-state index contributed by atoms with van der Waals surface area (Å²) in [5.74, 6) is 0.0413. The molecule has 5 nitrogen and oxygen atoms in total. The van der Waals surface area contributed by atoms with Crippen LogP contribution in [-0.4, -0.2) is 48.7 Å². The lowest BCUT2D eigenvalue weighted by Crippen LogP contribution is -2.37. The Labute approximate surface area is 192 Å². The van der Waals surface area contributed by atoms with Crippen LogP contribution in [0.3, 0.4) is 0 Å². The van der Waals surface area contributed by atoms with E-state index in [2.05, 4.69) is 54.3 Å². The molecule has 31 heavy (non-hydrogen) atoms. The molecule has 3 aromatic rings. The first-order valence-electron chi connectivity index (χ1n) is 10.4. The van der Waals surface area contributed by atoms with Gasteiger partial charge >= 0.3 is 0 Å². The summed E-state index contributed by atoms with van der Waals surface area (Å²) in [4.78, 5) is 17.2. The van der Waals surface area contributed by atoms with Gasteiger partial charge in [-0.2, -0.15) is 0 Å². The second-order valence-corrected chi connectivity index (χ2v) is 9.32. The van der Waals surface area contributed by atoms with E-state index in [-0.39, 0.29) is 12.5 Å². The molecule has 1 aliphatic heterocycles. The highest BCUT2D eigenvalue weighted by molar-refractivity contribution is 7.73. The molecule has 0 unspecified atom stereocenters.